The van der Waals surface area contributed by atoms with Gasteiger partial charge in [-0.15, -0.1) is 16.4 Å². The molecule has 1 fully saturated rings. The second kappa shape index (κ2) is 7.78. The van der Waals surface area contributed by atoms with E-state index in [4.69, 9.17) is 0 Å². The Labute approximate surface area is 175 Å². The summed E-state index contributed by atoms with van der Waals surface area (Å²) in [7, 11) is 0. The van der Waals surface area contributed by atoms with Crippen LogP contribution in [0.4, 0.5) is 5.82 Å². The Hall–Kier alpha value is -2.41. The van der Waals surface area contributed by atoms with Crippen LogP contribution in [0.15, 0.2) is 30.6 Å². The van der Waals surface area contributed by atoms with Gasteiger partial charge in [-0.05, 0) is 48.9 Å². The fraction of sp³-hybridized carbons (Fsp3) is 0.500. The molecule has 1 saturated heterocycles. The van der Waals surface area contributed by atoms with Crippen molar-refractivity contribution in [1.29, 1.82) is 0 Å². The van der Waals surface area contributed by atoms with Crippen LogP contribution >= 0.6 is 11.3 Å². The van der Waals surface area contributed by atoms with E-state index in [0.717, 1.165) is 61.3 Å². The van der Waals surface area contributed by atoms with Gasteiger partial charge < -0.3 is 9.80 Å². The number of piperazine rings is 1. The van der Waals surface area contributed by atoms with Crippen molar-refractivity contribution in [2.75, 3.05) is 31.1 Å². The van der Waals surface area contributed by atoms with Gasteiger partial charge in [-0.1, -0.05) is 19.8 Å². The smallest absolute Gasteiger partial charge is 0.264 e. The zero-order valence-electron chi connectivity index (χ0n) is 16.9. The molecule has 3 aromatic rings. The van der Waals surface area contributed by atoms with Crippen LogP contribution in [0.2, 0.25) is 0 Å². The molecule has 0 aromatic carbocycles. The molecule has 1 unspecified atom stereocenters. The molecule has 5 rings (SSSR count). The molecule has 1 aliphatic carbocycles. The zero-order chi connectivity index (χ0) is 19.8. The Morgan fingerprint density at radius 1 is 1.24 bits per heavy atom. The fourth-order valence-corrected chi connectivity index (χ4v) is 5.80. The van der Waals surface area contributed by atoms with E-state index in [2.05, 4.69) is 28.0 Å². The molecule has 2 aliphatic rings. The van der Waals surface area contributed by atoms with E-state index >= 15 is 0 Å². The number of aryl methyl sites for hydroxylation is 1. The number of amides is 1. The predicted octanol–water partition coefficient (Wildman–Crippen LogP) is 3.66. The highest BCUT2D eigenvalue weighted by atomic mass is 32.1. The molecule has 1 aliphatic heterocycles. The number of nitrogens with zero attached hydrogens (tertiary/aromatic N) is 5. The van der Waals surface area contributed by atoms with Gasteiger partial charge in [0.25, 0.3) is 5.91 Å². The number of thiophene rings is 1. The van der Waals surface area contributed by atoms with E-state index < -0.39 is 0 Å². The van der Waals surface area contributed by atoms with Crippen LogP contribution in [0.25, 0.3) is 5.65 Å². The van der Waals surface area contributed by atoms with E-state index in [1.54, 1.807) is 22.0 Å². The Balaban J connectivity index is 1.23. The van der Waals surface area contributed by atoms with Gasteiger partial charge in [0.2, 0.25) is 0 Å². The van der Waals surface area contributed by atoms with Gasteiger partial charge in [0, 0.05) is 43.4 Å². The maximum Gasteiger partial charge on any atom is 0.264 e. The summed E-state index contributed by atoms with van der Waals surface area (Å²) in [5, 5.41) is 4.63. The van der Waals surface area contributed by atoms with Gasteiger partial charge in [-0.2, -0.15) is 0 Å². The Bertz CT molecular complexity index is 1020. The molecule has 0 N–H and O–H groups in total. The third-order valence-corrected chi connectivity index (χ3v) is 7.45. The van der Waals surface area contributed by atoms with Gasteiger partial charge in [-0.25, -0.2) is 9.50 Å². The quantitative estimate of drug-likeness (QED) is 0.660. The Kier molecular flexibility index (Phi) is 4.99. The SMILES string of the molecule is CCCC1CCc2sc(C(=O)N3CCN(c4ccc5nccn5n4)CC3)cc2C1. The number of fused-ring (bicyclic) bond motifs is 2. The molecule has 3 aromatic heterocycles. The first kappa shape index (κ1) is 18.6. The fourth-order valence-electron chi connectivity index (χ4n) is 4.63. The van der Waals surface area contributed by atoms with Crippen molar-refractivity contribution >= 4 is 28.7 Å². The summed E-state index contributed by atoms with van der Waals surface area (Å²) in [5.41, 5.74) is 2.28. The average Bonchev–Trinajstić information content (AvgIpc) is 3.39. The Morgan fingerprint density at radius 3 is 2.93 bits per heavy atom. The van der Waals surface area contributed by atoms with E-state index in [1.165, 1.54) is 29.7 Å². The standard InChI is InChI=1S/C22H27N5OS/c1-2-3-16-4-5-18-17(14-16)15-19(29-18)22(28)26-12-10-25(11-13-26)21-7-6-20-23-8-9-27(20)24-21/h6-9,15-16H,2-5,10-14H2,1H3. The molecule has 1 atom stereocenters. The number of anilines is 1. The van der Waals surface area contributed by atoms with Crippen LogP contribution in [-0.4, -0.2) is 51.6 Å². The Morgan fingerprint density at radius 2 is 2.10 bits per heavy atom. The molecule has 0 radical (unpaired) electrons. The molecule has 7 heteroatoms. The van der Waals surface area contributed by atoms with Crippen LogP contribution in [0.5, 0.6) is 0 Å². The summed E-state index contributed by atoms with van der Waals surface area (Å²) in [5.74, 6) is 1.94. The number of aromatic nitrogens is 3. The number of carbonyl (C=O) groups is 1. The first-order chi connectivity index (χ1) is 14.2. The first-order valence-corrected chi connectivity index (χ1v) is 11.5. The molecule has 0 bridgehead atoms. The molecule has 0 saturated carbocycles. The summed E-state index contributed by atoms with van der Waals surface area (Å²) in [6, 6.07) is 6.19. The van der Waals surface area contributed by atoms with E-state index in [0.29, 0.717) is 0 Å². The highest BCUT2D eigenvalue weighted by molar-refractivity contribution is 7.14. The van der Waals surface area contributed by atoms with E-state index in [-0.39, 0.29) is 5.91 Å². The normalized spacial score (nSPS) is 19.6. The lowest BCUT2D eigenvalue weighted by Gasteiger charge is -2.35. The number of hydrogen-bond donors (Lipinski definition) is 0. The molecular formula is C22H27N5OS. The number of hydrogen-bond acceptors (Lipinski definition) is 5. The summed E-state index contributed by atoms with van der Waals surface area (Å²) in [6.45, 7) is 5.36. The van der Waals surface area contributed by atoms with Gasteiger partial charge in [0.15, 0.2) is 5.65 Å². The number of carbonyl (C=O) groups excluding carboxylic acids is 1. The van der Waals surface area contributed by atoms with Crippen molar-refractivity contribution in [3.8, 4) is 0 Å². The lowest BCUT2D eigenvalue weighted by Crippen LogP contribution is -2.49. The maximum absolute atomic E-state index is 13.1. The van der Waals surface area contributed by atoms with Crippen molar-refractivity contribution in [3.63, 3.8) is 0 Å². The largest absolute Gasteiger partial charge is 0.352 e. The van der Waals surface area contributed by atoms with Crippen LogP contribution in [-0.2, 0) is 12.8 Å². The molecular weight excluding hydrogens is 382 g/mol. The molecule has 0 spiro atoms. The lowest BCUT2D eigenvalue weighted by atomic mass is 9.85. The topological polar surface area (TPSA) is 53.7 Å². The number of rotatable bonds is 4. The molecule has 6 nitrogen and oxygen atoms in total. The van der Waals surface area contributed by atoms with Crippen molar-refractivity contribution in [2.45, 2.75) is 39.0 Å². The van der Waals surface area contributed by atoms with E-state index in [9.17, 15) is 4.79 Å². The monoisotopic (exact) mass is 409 g/mol. The second-order valence-corrected chi connectivity index (χ2v) is 9.29. The second-order valence-electron chi connectivity index (χ2n) is 8.16. The zero-order valence-corrected chi connectivity index (χ0v) is 17.7. The first-order valence-electron chi connectivity index (χ1n) is 10.7. The summed E-state index contributed by atoms with van der Waals surface area (Å²) >= 11 is 1.73. The highest BCUT2D eigenvalue weighted by Gasteiger charge is 2.27. The third-order valence-electron chi connectivity index (χ3n) is 6.22. The minimum atomic E-state index is 0.203. The van der Waals surface area contributed by atoms with Crippen LogP contribution in [0.1, 0.15) is 46.3 Å². The summed E-state index contributed by atoms with van der Waals surface area (Å²) < 4.78 is 1.80. The van der Waals surface area contributed by atoms with Gasteiger partial charge in [-0.3, -0.25) is 4.79 Å². The lowest BCUT2D eigenvalue weighted by molar-refractivity contribution is 0.0751. The van der Waals surface area contributed by atoms with E-state index in [1.807, 2.05) is 23.2 Å². The molecule has 1 amide bonds. The van der Waals surface area contributed by atoms with Crippen molar-refractivity contribution in [3.05, 3.63) is 45.9 Å². The van der Waals surface area contributed by atoms with Gasteiger partial charge in [0.05, 0.1) is 4.88 Å². The van der Waals surface area contributed by atoms with Crippen LogP contribution < -0.4 is 4.90 Å². The molecule has 152 valence electrons. The predicted molar refractivity (Wildman–Crippen MR) is 116 cm³/mol. The number of imidazole rings is 1. The summed E-state index contributed by atoms with van der Waals surface area (Å²) in [4.78, 5) is 24.0. The minimum absolute atomic E-state index is 0.203. The van der Waals surface area contributed by atoms with Crippen LogP contribution in [0, 0.1) is 5.92 Å². The van der Waals surface area contributed by atoms with Gasteiger partial charge >= 0.3 is 0 Å². The maximum atomic E-state index is 13.1. The van der Waals surface area contributed by atoms with Crippen LogP contribution in [0.3, 0.4) is 0 Å². The minimum Gasteiger partial charge on any atom is -0.352 e. The average molecular weight is 410 g/mol. The van der Waals surface area contributed by atoms with Crippen molar-refractivity contribution in [1.82, 2.24) is 19.5 Å². The molecule has 29 heavy (non-hydrogen) atoms. The van der Waals surface area contributed by atoms with Gasteiger partial charge in [0.1, 0.15) is 5.82 Å². The van der Waals surface area contributed by atoms with Crippen molar-refractivity contribution in [2.24, 2.45) is 5.92 Å². The van der Waals surface area contributed by atoms with Crippen molar-refractivity contribution < 1.29 is 4.79 Å². The third kappa shape index (κ3) is 3.64. The molecule has 4 heterocycles. The summed E-state index contributed by atoms with van der Waals surface area (Å²) in [6.07, 6.45) is 9.76. The highest BCUT2D eigenvalue weighted by Crippen LogP contribution is 2.34.